The topological polar surface area (TPSA) is 173 Å². The van der Waals surface area contributed by atoms with Crippen LogP contribution in [0.1, 0.15) is 18.7 Å². The number of ether oxygens (including phenoxy) is 2. The minimum atomic E-state index is -1.08. The first-order valence-corrected chi connectivity index (χ1v) is 13.1. The van der Waals surface area contributed by atoms with Crippen LogP contribution in [0.3, 0.4) is 0 Å². The first kappa shape index (κ1) is 31.3. The number of aromatic nitrogens is 5. The number of hydrogen-bond acceptors (Lipinski definition) is 9. The summed E-state index contributed by atoms with van der Waals surface area (Å²) in [6.45, 7) is -0.0855. The minimum Gasteiger partial charge on any atom is -0.453 e. The molecule has 1 aromatic carbocycles. The summed E-state index contributed by atoms with van der Waals surface area (Å²) >= 11 is 0. The first-order chi connectivity index (χ1) is 21.0. The van der Waals surface area contributed by atoms with Gasteiger partial charge in [-0.2, -0.15) is 4.98 Å². The summed E-state index contributed by atoms with van der Waals surface area (Å²) in [6, 6.07) is 4.66. The number of hydrogen-bond donors (Lipinski definition) is 3. The van der Waals surface area contributed by atoms with Crippen molar-refractivity contribution in [3.8, 4) is 11.6 Å². The van der Waals surface area contributed by atoms with Crippen molar-refractivity contribution in [3.05, 3.63) is 82.8 Å². The summed E-state index contributed by atoms with van der Waals surface area (Å²) in [5.74, 6) is -2.72. The van der Waals surface area contributed by atoms with Gasteiger partial charge in [0.2, 0.25) is 11.8 Å². The van der Waals surface area contributed by atoms with E-state index in [0.29, 0.717) is 6.07 Å². The molecule has 3 amide bonds. The number of carbonyl (C=O) groups is 3. The molecule has 0 saturated carbocycles. The molecule has 3 aromatic heterocycles. The number of alkyl carbamates (subject to hydrolysis) is 1. The van der Waals surface area contributed by atoms with Gasteiger partial charge in [0.15, 0.2) is 22.7 Å². The lowest BCUT2D eigenvalue weighted by Gasteiger charge is -2.17. The second-order valence-electron chi connectivity index (χ2n) is 9.48. The third kappa shape index (κ3) is 7.78. The lowest BCUT2D eigenvalue weighted by molar-refractivity contribution is -0.123. The van der Waals surface area contributed by atoms with Crippen LogP contribution >= 0.6 is 0 Å². The smallest absolute Gasteiger partial charge is 0.407 e. The lowest BCUT2D eigenvalue weighted by atomic mass is 10.1. The van der Waals surface area contributed by atoms with Gasteiger partial charge >= 0.3 is 6.09 Å². The van der Waals surface area contributed by atoms with E-state index in [-0.39, 0.29) is 59.6 Å². The van der Waals surface area contributed by atoms with Crippen molar-refractivity contribution >= 4 is 34.8 Å². The van der Waals surface area contributed by atoms with Crippen molar-refractivity contribution in [1.82, 2.24) is 34.7 Å². The Morgan fingerprint density at radius 2 is 1.98 bits per heavy atom. The monoisotopic (exact) mass is 610 g/mol. The van der Waals surface area contributed by atoms with Gasteiger partial charge in [-0.25, -0.2) is 23.5 Å². The molecule has 0 bridgehead atoms. The number of H-pyrrole nitrogens is 1. The molecule has 4 aromatic rings. The van der Waals surface area contributed by atoms with Gasteiger partial charge in [0.05, 0.1) is 13.7 Å². The molecule has 0 radical (unpaired) electrons. The maximum Gasteiger partial charge on any atom is 0.407 e. The predicted molar refractivity (Wildman–Crippen MR) is 153 cm³/mol. The maximum atomic E-state index is 14.1. The Morgan fingerprint density at radius 1 is 1.18 bits per heavy atom. The van der Waals surface area contributed by atoms with Crippen LogP contribution in [0.4, 0.5) is 19.3 Å². The highest BCUT2D eigenvalue weighted by molar-refractivity contribution is 5.96. The number of nitrogens with one attached hydrogen (secondary N) is 3. The van der Waals surface area contributed by atoms with E-state index in [2.05, 4.69) is 35.3 Å². The normalized spacial score (nSPS) is 11.8. The van der Waals surface area contributed by atoms with Crippen LogP contribution in [-0.2, 0) is 20.9 Å². The molecule has 0 spiro atoms. The van der Waals surface area contributed by atoms with Crippen LogP contribution in [0, 0.1) is 11.6 Å². The fourth-order valence-electron chi connectivity index (χ4n) is 3.87. The number of likely N-dealkylation sites (N-methyl/N-ethyl adjacent to an activating group) is 1. The van der Waals surface area contributed by atoms with Crippen molar-refractivity contribution in [2.75, 3.05) is 26.5 Å². The van der Waals surface area contributed by atoms with E-state index in [0.717, 1.165) is 25.6 Å². The third-order valence-electron chi connectivity index (χ3n) is 6.11. The van der Waals surface area contributed by atoms with E-state index >= 15 is 0 Å². The Kier molecular flexibility index (Phi) is 9.95. The van der Waals surface area contributed by atoms with Crippen molar-refractivity contribution in [2.45, 2.75) is 25.4 Å². The molecule has 0 aliphatic carbocycles. The summed E-state index contributed by atoms with van der Waals surface area (Å²) < 4.78 is 38.7. The second-order valence-corrected chi connectivity index (χ2v) is 9.48. The average Bonchev–Trinajstić information content (AvgIpc) is 3.41. The fraction of sp³-hybridized carbons (Fsp3) is 0.250. The zero-order chi connectivity index (χ0) is 31.8. The molecular formula is C28H28F2N8O6. The molecule has 0 aliphatic heterocycles. The van der Waals surface area contributed by atoms with E-state index in [9.17, 15) is 28.0 Å². The molecule has 16 heteroatoms. The summed E-state index contributed by atoms with van der Waals surface area (Å²) in [4.78, 5) is 66.6. The Morgan fingerprint density at radius 3 is 2.70 bits per heavy atom. The number of allylic oxidation sites excluding steroid dienone is 1. The molecule has 1 atom stereocenters. The SMILES string of the molecule is COC(=O)NC(CC/C=C/C(=O)N(C)C)C(=O)Nc1cccn(Cc2nc3c(Oc4ccc(F)cc4F)ncnc3[nH]2)c1=O. The third-order valence-corrected chi connectivity index (χ3v) is 6.11. The number of nitrogens with zero attached hydrogens (tertiary/aromatic N) is 5. The highest BCUT2D eigenvalue weighted by Gasteiger charge is 2.22. The summed E-state index contributed by atoms with van der Waals surface area (Å²) in [6.07, 6.45) is 5.10. The largest absolute Gasteiger partial charge is 0.453 e. The molecule has 4 rings (SSSR count). The lowest BCUT2D eigenvalue weighted by Crippen LogP contribution is -2.44. The van der Waals surface area contributed by atoms with Gasteiger partial charge in [0.25, 0.3) is 11.4 Å². The van der Waals surface area contributed by atoms with E-state index < -0.39 is 35.2 Å². The first-order valence-electron chi connectivity index (χ1n) is 13.1. The fourth-order valence-corrected chi connectivity index (χ4v) is 3.87. The molecule has 1 unspecified atom stereocenters. The zero-order valence-corrected chi connectivity index (χ0v) is 23.8. The number of benzene rings is 1. The number of aromatic amines is 1. The predicted octanol–water partition coefficient (Wildman–Crippen LogP) is 2.72. The standard InChI is InChI=1S/C28H28F2N8O6/c1-37(2)22(39)9-5-4-7-18(34-28(42)43-3)25(40)33-19-8-6-12-38(27(19)41)14-21-35-23-24(36-21)31-15-32-26(23)44-20-11-10-16(29)13-17(20)30/h5-6,8-13,15,18H,4,7,14H2,1-3H3,(H,33,40)(H,34,42)(H,31,32,35,36)/b9-5+. The molecule has 3 N–H and O–H groups in total. The van der Waals surface area contributed by atoms with Gasteiger partial charge in [-0.3, -0.25) is 14.4 Å². The van der Waals surface area contributed by atoms with E-state index in [1.807, 2.05) is 0 Å². The van der Waals surface area contributed by atoms with Crippen LogP contribution in [0.15, 0.2) is 59.8 Å². The van der Waals surface area contributed by atoms with E-state index in [1.54, 1.807) is 20.2 Å². The Hall–Kier alpha value is -5.67. The highest BCUT2D eigenvalue weighted by Crippen LogP contribution is 2.27. The van der Waals surface area contributed by atoms with E-state index in [4.69, 9.17) is 4.74 Å². The number of halogens is 2. The van der Waals surface area contributed by atoms with Crippen LogP contribution in [0.5, 0.6) is 11.6 Å². The number of fused-ring (bicyclic) bond motifs is 1. The van der Waals surface area contributed by atoms with Crippen molar-refractivity contribution in [1.29, 1.82) is 0 Å². The zero-order valence-electron chi connectivity index (χ0n) is 23.8. The summed E-state index contributed by atoms with van der Waals surface area (Å²) in [5.41, 5.74) is -0.269. The molecule has 230 valence electrons. The summed E-state index contributed by atoms with van der Waals surface area (Å²) in [5, 5.41) is 4.95. The number of amides is 3. The minimum absolute atomic E-state index is 0.0702. The van der Waals surface area contributed by atoms with Gasteiger partial charge < -0.3 is 34.6 Å². The molecule has 3 heterocycles. The average molecular weight is 611 g/mol. The van der Waals surface area contributed by atoms with E-state index in [1.165, 1.54) is 33.9 Å². The molecule has 0 saturated heterocycles. The Balaban J connectivity index is 1.50. The highest BCUT2D eigenvalue weighted by atomic mass is 19.1. The number of imidazole rings is 1. The van der Waals surface area contributed by atoms with Crippen molar-refractivity contribution in [2.24, 2.45) is 0 Å². The van der Waals surface area contributed by atoms with Crippen LogP contribution in [0.25, 0.3) is 11.2 Å². The molecular weight excluding hydrogens is 582 g/mol. The molecule has 0 aliphatic rings. The molecule has 0 fully saturated rings. The van der Waals surface area contributed by atoms with Crippen LogP contribution in [-0.4, -0.2) is 74.6 Å². The van der Waals surface area contributed by atoms with Gasteiger partial charge in [-0.15, -0.1) is 0 Å². The number of anilines is 1. The van der Waals surface area contributed by atoms with Gasteiger partial charge in [0, 0.05) is 26.4 Å². The van der Waals surface area contributed by atoms with Gasteiger partial charge in [-0.1, -0.05) is 6.08 Å². The van der Waals surface area contributed by atoms with Gasteiger partial charge in [-0.05, 0) is 43.2 Å². The number of rotatable bonds is 11. The number of methoxy groups -OCH3 is 1. The quantitative estimate of drug-likeness (QED) is 0.216. The second kappa shape index (κ2) is 14.0. The number of carbonyl (C=O) groups excluding carboxylic acids is 3. The maximum absolute atomic E-state index is 14.1. The van der Waals surface area contributed by atoms with Crippen LogP contribution < -0.4 is 20.9 Å². The molecule has 14 nitrogen and oxygen atoms in total. The van der Waals surface area contributed by atoms with Crippen molar-refractivity contribution < 1.29 is 32.6 Å². The Bertz CT molecular complexity index is 1770. The van der Waals surface area contributed by atoms with Crippen LogP contribution in [0.2, 0.25) is 0 Å². The summed E-state index contributed by atoms with van der Waals surface area (Å²) in [7, 11) is 4.34. The number of pyridine rings is 1. The van der Waals surface area contributed by atoms with Gasteiger partial charge in [0.1, 0.15) is 29.7 Å². The molecule has 44 heavy (non-hydrogen) atoms. The Labute approximate surface area is 248 Å². The van der Waals surface area contributed by atoms with Crippen molar-refractivity contribution in [3.63, 3.8) is 0 Å².